The highest BCUT2D eigenvalue weighted by Gasteiger charge is 2.30. The summed E-state index contributed by atoms with van der Waals surface area (Å²) in [5.41, 5.74) is 0.810. The molecule has 23 heavy (non-hydrogen) atoms. The van der Waals surface area contributed by atoms with Crippen molar-refractivity contribution in [3.8, 4) is 0 Å². The van der Waals surface area contributed by atoms with E-state index < -0.39 is 26.6 Å². The summed E-state index contributed by atoms with van der Waals surface area (Å²) in [7, 11) is -4.13. The standard InChI is InChI=1S/C14H12F2N4O2S/c15-10-7-11(16)13-12(8-10)19-14(20-23(13,21)22)18-6-3-9-1-4-17-5-2-9/h1-2,4-5,7-8H,3,6H2,(H2,18,19,20). The van der Waals surface area contributed by atoms with E-state index in [1.807, 2.05) is 12.1 Å². The molecular weight excluding hydrogens is 326 g/mol. The van der Waals surface area contributed by atoms with Crippen LogP contribution in [0.5, 0.6) is 0 Å². The van der Waals surface area contributed by atoms with E-state index in [4.69, 9.17) is 0 Å². The van der Waals surface area contributed by atoms with Gasteiger partial charge in [0.15, 0.2) is 0 Å². The molecule has 1 aromatic heterocycles. The van der Waals surface area contributed by atoms with Gasteiger partial charge < -0.3 is 5.32 Å². The molecule has 3 rings (SSSR count). The first-order valence-electron chi connectivity index (χ1n) is 6.68. The third-order valence-electron chi connectivity index (χ3n) is 3.18. The van der Waals surface area contributed by atoms with E-state index in [0.29, 0.717) is 19.0 Å². The molecule has 0 bridgehead atoms. The molecule has 0 radical (unpaired) electrons. The van der Waals surface area contributed by atoms with Gasteiger partial charge in [-0.05, 0) is 30.2 Å². The van der Waals surface area contributed by atoms with Crippen molar-refractivity contribution in [2.24, 2.45) is 4.99 Å². The molecule has 120 valence electrons. The lowest BCUT2D eigenvalue weighted by Crippen LogP contribution is -2.41. The first-order valence-corrected chi connectivity index (χ1v) is 8.16. The molecule has 0 saturated carbocycles. The Labute approximate surface area is 131 Å². The molecule has 1 aliphatic rings. The molecule has 1 aromatic carbocycles. The number of benzene rings is 1. The summed E-state index contributed by atoms with van der Waals surface area (Å²) in [4.78, 5) is 7.36. The van der Waals surface area contributed by atoms with Crippen LogP contribution in [0.3, 0.4) is 0 Å². The normalized spacial score (nSPS) is 17.2. The number of nitrogens with zero attached hydrogens (tertiary/aromatic N) is 2. The third kappa shape index (κ3) is 3.29. The zero-order chi connectivity index (χ0) is 16.4. The zero-order valence-electron chi connectivity index (χ0n) is 11.8. The summed E-state index contributed by atoms with van der Waals surface area (Å²) in [6.07, 6.45) is 3.86. The predicted octanol–water partition coefficient (Wildman–Crippen LogP) is 1.66. The molecule has 2 aromatic rings. The Morgan fingerprint density at radius 3 is 2.65 bits per heavy atom. The minimum atomic E-state index is -4.13. The lowest BCUT2D eigenvalue weighted by molar-refractivity contribution is 0.548. The van der Waals surface area contributed by atoms with Crippen molar-refractivity contribution in [3.05, 3.63) is 53.9 Å². The number of rotatable bonds is 3. The van der Waals surface area contributed by atoms with Gasteiger partial charge >= 0.3 is 0 Å². The molecule has 0 aliphatic carbocycles. The number of anilines is 1. The maximum Gasteiger partial charge on any atom is 0.269 e. The molecule has 6 nitrogen and oxygen atoms in total. The summed E-state index contributed by atoms with van der Waals surface area (Å²) in [5.74, 6) is -2.10. The fourth-order valence-electron chi connectivity index (χ4n) is 2.18. The van der Waals surface area contributed by atoms with Crippen molar-refractivity contribution >= 4 is 21.7 Å². The van der Waals surface area contributed by atoms with Gasteiger partial charge in [-0.2, -0.15) is 0 Å². The highest BCUT2D eigenvalue weighted by molar-refractivity contribution is 7.90. The topological polar surface area (TPSA) is 83.5 Å². The zero-order valence-corrected chi connectivity index (χ0v) is 12.6. The van der Waals surface area contributed by atoms with E-state index in [0.717, 1.165) is 11.6 Å². The second kappa shape index (κ2) is 5.92. The lowest BCUT2D eigenvalue weighted by atomic mass is 10.2. The maximum absolute atomic E-state index is 13.7. The maximum atomic E-state index is 13.7. The van der Waals surface area contributed by atoms with Crippen LogP contribution in [0.4, 0.5) is 14.5 Å². The van der Waals surface area contributed by atoms with Crippen LogP contribution in [0.1, 0.15) is 5.56 Å². The van der Waals surface area contributed by atoms with Crippen LogP contribution in [0.25, 0.3) is 0 Å². The molecule has 0 atom stereocenters. The molecule has 0 spiro atoms. The van der Waals surface area contributed by atoms with Crippen LogP contribution in [-0.4, -0.2) is 25.9 Å². The van der Waals surface area contributed by atoms with Crippen molar-refractivity contribution in [2.45, 2.75) is 11.3 Å². The molecule has 2 heterocycles. The van der Waals surface area contributed by atoms with Crippen LogP contribution < -0.4 is 10.0 Å². The number of halogens is 2. The molecule has 1 aliphatic heterocycles. The van der Waals surface area contributed by atoms with E-state index >= 15 is 0 Å². The Balaban J connectivity index is 1.83. The molecule has 0 saturated heterocycles. The smallest absolute Gasteiger partial charge is 0.269 e. The number of aliphatic imine (C=N–C) groups is 1. The Morgan fingerprint density at radius 2 is 1.91 bits per heavy atom. The SMILES string of the molecule is O=S1(=O)NC(=NCCc2ccncc2)Nc2cc(F)cc(F)c21. The fourth-order valence-corrected chi connectivity index (χ4v) is 3.36. The van der Waals surface area contributed by atoms with Crippen molar-refractivity contribution in [1.82, 2.24) is 9.71 Å². The summed E-state index contributed by atoms with van der Waals surface area (Å²) < 4.78 is 53.2. The van der Waals surface area contributed by atoms with Gasteiger partial charge in [0.25, 0.3) is 10.0 Å². The second-order valence-corrected chi connectivity index (χ2v) is 6.45. The lowest BCUT2D eigenvalue weighted by Gasteiger charge is -2.21. The number of guanidine groups is 1. The number of aromatic nitrogens is 1. The van der Waals surface area contributed by atoms with Crippen LogP contribution in [0.2, 0.25) is 0 Å². The third-order valence-corrected chi connectivity index (χ3v) is 4.60. The second-order valence-electron chi connectivity index (χ2n) is 4.83. The first-order chi connectivity index (χ1) is 11.0. The Kier molecular flexibility index (Phi) is 3.95. The van der Waals surface area contributed by atoms with Gasteiger partial charge in [0.05, 0.1) is 5.69 Å². The molecule has 2 N–H and O–H groups in total. The van der Waals surface area contributed by atoms with Gasteiger partial charge in [-0.25, -0.2) is 21.9 Å². The van der Waals surface area contributed by atoms with Gasteiger partial charge in [-0.15, -0.1) is 0 Å². The van der Waals surface area contributed by atoms with E-state index in [9.17, 15) is 17.2 Å². The molecular formula is C14H12F2N4O2S. The van der Waals surface area contributed by atoms with E-state index in [1.54, 1.807) is 12.4 Å². The van der Waals surface area contributed by atoms with E-state index in [1.165, 1.54) is 0 Å². The van der Waals surface area contributed by atoms with Crippen LogP contribution in [-0.2, 0) is 16.4 Å². The number of hydrogen-bond donors (Lipinski definition) is 2. The number of hydrogen-bond acceptors (Lipinski definition) is 4. The van der Waals surface area contributed by atoms with Gasteiger partial charge in [0.1, 0.15) is 16.5 Å². The van der Waals surface area contributed by atoms with Crippen molar-refractivity contribution in [1.29, 1.82) is 0 Å². The average Bonchev–Trinajstić information content (AvgIpc) is 2.46. The molecule has 0 fully saturated rings. The molecule has 0 unspecified atom stereocenters. The minimum absolute atomic E-state index is 0.0726. The summed E-state index contributed by atoms with van der Waals surface area (Å²) >= 11 is 0. The number of nitrogens with one attached hydrogen (secondary N) is 2. The van der Waals surface area contributed by atoms with Gasteiger partial charge in [-0.1, -0.05) is 0 Å². The van der Waals surface area contributed by atoms with Crippen molar-refractivity contribution in [2.75, 3.05) is 11.9 Å². The van der Waals surface area contributed by atoms with Crippen LogP contribution in [0.15, 0.2) is 46.5 Å². The first kappa shape index (κ1) is 15.3. The Morgan fingerprint density at radius 1 is 1.17 bits per heavy atom. The summed E-state index contributed by atoms with van der Waals surface area (Å²) in [5, 5.41) is 2.59. The minimum Gasteiger partial charge on any atom is -0.324 e. The fraction of sp³-hybridized carbons (Fsp3) is 0.143. The number of pyridine rings is 1. The van der Waals surface area contributed by atoms with Crippen molar-refractivity contribution < 1.29 is 17.2 Å². The predicted molar refractivity (Wildman–Crippen MR) is 80.5 cm³/mol. The van der Waals surface area contributed by atoms with Gasteiger partial charge in [0, 0.05) is 25.0 Å². The number of sulfonamides is 1. The van der Waals surface area contributed by atoms with Crippen molar-refractivity contribution in [3.63, 3.8) is 0 Å². The highest BCUT2D eigenvalue weighted by Crippen LogP contribution is 2.28. The summed E-state index contributed by atoms with van der Waals surface area (Å²) in [6, 6.07) is 5.07. The van der Waals surface area contributed by atoms with E-state index in [-0.39, 0.29) is 11.6 Å². The molecule has 9 heteroatoms. The van der Waals surface area contributed by atoms with E-state index in [2.05, 4.69) is 20.0 Å². The van der Waals surface area contributed by atoms with Crippen LogP contribution >= 0.6 is 0 Å². The highest BCUT2D eigenvalue weighted by atomic mass is 32.2. The average molecular weight is 338 g/mol. The Bertz CT molecular complexity index is 870. The number of fused-ring (bicyclic) bond motifs is 1. The Hall–Kier alpha value is -2.55. The van der Waals surface area contributed by atoms with Gasteiger partial charge in [0.2, 0.25) is 5.96 Å². The monoisotopic (exact) mass is 338 g/mol. The van der Waals surface area contributed by atoms with Crippen LogP contribution in [0, 0.1) is 11.6 Å². The largest absolute Gasteiger partial charge is 0.324 e. The molecule has 0 amide bonds. The quantitative estimate of drug-likeness (QED) is 0.892. The van der Waals surface area contributed by atoms with Gasteiger partial charge in [-0.3, -0.25) is 9.98 Å². The summed E-state index contributed by atoms with van der Waals surface area (Å²) in [6.45, 7) is 0.294.